The Labute approximate surface area is 154 Å². The third kappa shape index (κ3) is 3.49. The first kappa shape index (κ1) is 17.5. The summed E-state index contributed by atoms with van der Waals surface area (Å²) < 4.78 is 11.0. The van der Waals surface area contributed by atoms with Crippen LogP contribution in [0.5, 0.6) is 5.75 Å². The van der Waals surface area contributed by atoms with E-state index in [-0.39, 0.29) is 5.97 Å². The van der Waals surface area contributed by atoms with E-state index >= 15 is 0 Å². The average Bonchev–Trinajstić information content (AvgIpc) is 2.94. The summed E-state index contributed by atoms with van der Waals surface area (Å²) in [6.45, 7) is 5.55. The third-order valence-electron chi connectivity index (χ3n) is 5.37. The van der Waals surface area contributed by atoms with Gasteiger partial charge in [0.25, 0.3) is 0 Å². The highest BCUT2D eigenvalue weighted by atomic mass is 16.5. The van der Waals surface area contributed by atoms with Gasteiger partial charge in [0.15, 0.2) is 0 Å². The van der Waals surface area contributed by atoms with Crippen LogP contribution < -0.4 is 4.74 Å². The summed E-state index contributed by atoms with van der Waals surface area (Å²) in [6.07, 6.45) is 3.36. The van der Waals surface area contributed by atoms with Crippen molar-refractivity contribution in [3.05, 3.63) is 30.0 Å². The van der Waals surface area contributed by atoms with Crippen molar-refractivity contribution in [2.24, 2.45) is 5.41 Å². The number of hydrogen-bond acceptors (Lipinski definition) is 5. The highest BCUT2D eigenvalue weighted by Crippen LogP contribution is 2.37. The first-order valence-corrected chi connectivity index (χ1v) is 9.29. The molecule has 0 bridgehead atoms. The molecule has 140 valence electrons. The predicted octanol–water partition coefficient (Wildman–Crippen LogP) is 1.90. The number of aromatic amines is 1. The fourth-order valence-electron chi connectivity index (χ4n) is 3.90. The summed E-state index contributed by atoms with van der Waals surface area (Å²) >= 11 is 0. The van der Waals surface area contributed by atoms with Crippen molar-refractivity contribution in [3.8, 4) is 5.75 Å². The summed E-state index contributed by atoms with van der Waals surface area (Å²) in [5, 5.41) is 1.03. The van der Waals surface area contributed by atoms with Gasteiger partial charge in [0.05, 0.1) is 19.6 Å². The number of carbonyl (C=O) groups is 1. The summed E-state index contributed by atoms with van der Waals surface area (Å²) in [6, 6.07) is 5.83. The van der Waals surface area contributed by atoms with Crippen LogP contribution in [0.4, 0.5) is 0 Å². The fourth-order valence-corrected chi connectivity index (χ4v) is 3.90. The van der Waals surface area contributed by atoms with Crippen molar-refractivity contribution in [1.29, 1.82) is 0 Å². The summed E-state index contributed by atoms with van der Waals surface area (Å²) in [7, 11) is 4.12. The van der Waals surface area contributed by atoms with Crippen LogP contribution in [0, 0.1) is 5.41 Å². The number of nitrogens with zero attached hydrogens (tertiary/aromatic N) is 2. The molecular formula is C20H27N3O3. The minimum atomic E-state index is -0.164. The number of aromatic nitrogens is 1. The van der Waals surface area contributed by atoms with Gasteiger partial charge >= 0.3 is 5.97 Å². The molecule has 2 aliphatic heterocycles. The molecule has 2 aromatic rings. The monoisotopic (exact) mass is 357 g/mol. The Morgan fingerprint density at radius 2 is 2.15 bits per heavy atom. The molecule has 6 nitrogen and oxygen atoms in total. The second-order valence-corrected chi connectivity index (χ2v) is 7.97. The first-order valence-electron chi connectivity index (χ1n) is 9.29. The Balaban J connectivity index is 1.36. The van der Waals surface area contributed by atoms with Gasteiger partial charge in [-0.1, -0.05) is 6.07 Å². The lowest BCUT2D eigenvalue weighted by molar-refractivity contribution is -0.189. The van der Waals surface area contributed by atoms with Crippen LogP contribution in [0.15, 0.2) is 24.4 Å². The van der Waals surface area contributed by atoms with Gasteiger partial charge in [0.1, 0.15) is 5.75 Å². The molecule has 2 fully saturated rings. The van der Waals surface area contributed by atoms with Gasteiger partial charge in [-0.25, -0.2) is 0 Å². The van der Waals surface area contributed by atoms with E-state index in [1.54, 1.807) is 0 Å². The normalized spacial score (nSPS) is 18.9. The molecule has 1 aromatic carbocycles. The minimum Gasteiger partial charge on any atom is -0.426 e. The van der Waals surface area contributed by atoms with Crippen molar-refractivity contribution in [1.82, 2.24) is 14.8 Å². The molecule has 2 saturated heterocycles. The maximum atomic E-state index is 12.4. The van der Waals surface area contributed by atoms with Gasteiger partial charge in [-0.05, 0) is 38.2 Å². The Morgan fingerprint density at radius 1 is 1.35 bits per heavy atom. The Kier molecular flexibility index (Phi) is 4.73. The molecule has 26 heavy (non-hydrogen) atoms. The number of esters is 1. The number of carbonyl (C=O) groups excluding carboxylic acids is 1. The first-order chi connectivity index (χ1) is 12.5. The quantitative estimate of drug-likeness (QED) is 0.606. The molecule has 1 aromatic heterocycles. The van der Waals surface area contributed by atoms with Crippen molar-refractivity contribution in [2.75, 3.05) is 53.5 Å². The van der Waals surface area contributed by atoms with Gasteiger partial charge in [0, 0.05) is 48.7 Å². The predicted molar refractivity (Wildman–Crippen MR) is 101 cm³/mol. The zero-order valence-corrected chi connectivity index (χ0v) is 15.6. The average molecular weight is 357 g/mol. The van der Waals surface area contributed by atoms with E-state index in [4.69, 9.17) is 9.47 Å². The van der Waals surface area contributed by atoms with E-state index in [1.165, 1.54) is 5.56 Å². The van der Waals surface area contributed by atoms with Crippen LogP contribution in [0.25, 0.3) is 10.9 Å². The number of H-pyrrole nitrogens is 1. The number of hydrogen-bond donors (Lipinski definition) is 1. The smallest absolute Gasteiger partial charge is 0.312 e. The molecular weight excluding hydrogens is 330 g/mol. The maximum absolute atomic E-state index is 12.4. The molecule has 0 amide bonds. The van der Waals surface area contributed by atoms with Crippen LogP contribution in [-0.4, -0.2) is 74.2 Å². The number of fused-ring (bicyclic) bond motifs is 1. The van der Waals surface area contributed by atoms with Crippen molar-refractivity contribution in [3.63, 3.8) is 0 Å². The number of likely N-dealkylation sites (tertiary alicyclic amines) is 1. The Hall–Kier alpha value is -1.89. The van der Waals surface area contributed by atoms with Crippen LogP contribution in [-0.2, 0) is 16.0 Å². The van der Waals surface area contributed by atoms with E-state index in [2.05, 4.69) is 28.9 Å². The molecule has 3 heterocycles. The van der Waals surface area contributed by atoms with Crippen molar-refractivity contribution in [2.45, 2.75) is 12.8 Å². The molecule has 1 N–H and O–H groups in total. The van der Waals surface area contributed by atoms with Crippen LogP contribution in [0.2, 0.25) is 0 Å². The van der Waals surface area contributed by atoms with Gasteiger partial charge in [-0.3, -0.25) is 4.79 Å². The molecule has 0 unspecified atom stereocenters. The second-order valence-electron chi connectivity index (χ2n) is 7.97. The summed E-state index contributed by atoms with van der Waals surface area (Å²) in [5.41, 5.74) is 2.59. The second kappa shape index (κ2) is 7.02. The van der Waals surface area contributed by atoms with Gasteiger partial charge in [-0.15, -0.1) is 0 Å². The SMILES string of the molecule is CN(C)CCc1c[nH]c2cccc(OC(=O)CCN3CC4(COC4)C3)c12. The number of ether oxygens (including phenoxy) is 2. The zero-order valence-electron chi connectivity index (χ0n) is 15.6. The van der Waals surface area contributed by atoms with E-state index < -0.39 is 0 Å². The van der Waals surface area contributed by atoms with Gasteiger partial charge < -0.3 is 24.3 Å². The zero-order chi connectivity index (χ0) is 18.1. The van der Waals surface area contributed by atoms with Crippen LogP contribution >= 0.6 is 0 Å². The van der Waals surface area contributed by atoms with Crippen LogP contribution in [0.1, 0.15) is 12.0 Å². The lowest BCUT2D eigenvalue weighted by Gasteiger charge is -2.55. The number of nitrogens with one attached hydrogen (secondary N) is 1. The van der Waals surface area contributed by atoms with Crippen molar-refractivity contribution >= 4 is 16.9 Å². The number of benzene rings is 1. The van der Waals surface area contributed by atoms with E-state index in [0.29, 0.717) is 17.6 Å². The molecule has 0 radical (unpaired) electrons. The highest BCUT2D eigenvalue weighted by Gasteiger charge is 2.48. The molecule has 2 aliphatic rings. The molecule has 0 saturated carbocycles. The summed E-state index contributed by atoms with van der Waals surface area (Å²) in [5.74, 6) is 0.498. The molecule has 0 aliphatic carbocycles. The molecule has 4 rings (SSSR count). The number of rotatable bonds is 7. The summed E-state index contributed by atoms with van der Waals surface area (Å²) in [4.78, 5) is 20.1. The standard InChI is InChI=1S/C20H27N3O3/c1-22(2)8-6-15-10-21-16-4-3-5-17(19(15)16)26-18(24)7-9-23-11-20(12-23)13-25-14-20/h3-5,10,21H,6-9,11-14H2,1-2H3. The van der Waals surface area contributed by atoms with E-state index in [9.17, 15) is 4.79 Å². The minimum absolute atomic E-state index is 0.164. The number of likely N-dealkylation sites (N-methyl/N-ethyl adjacent to an activating group) is 1. The lowest BCUT2D eigenvalue weighted by atomic mass is 9.78. The Bertz CT molecular complexity index is 787. The van der Waals surface area contributed by atoms with Gasteiger partial charge in [-0.2, -0.15) is 0 Å². The fraction of sp³-hybridized carbons (Fsp3) is 0.550. The highest BCUT2D eigenvalue weighted by molar-refractivity contribution is 5.91. The van der Waals surface area contributed by atoms with Crippen molar-refractivity contribution < 1.29 is 14.3 Å². The lowest BCUT2D eigenvalue weighted by Crippen LogP contribution is -2.65. The van der Waals surface area contributed by atoms with E-state index in [1.807, 2.05) is 24.4 Å². The van der Waals surface area contributed by atoms with Gasteiger partial charge in [0.2, 0.25) is 0 Å². The molecule has 1 spiro atoms. The third-order valence-corrected chi connectivity index (χ3v) is 5.37. The largest absolute Gasteiger partial charge is 0.426 e. The Morgan fingerprint density at radius 3 is 2.85 bits per heavy atom. The van der Waals surface area contributed by atoms with E-state index in [0.717, 1.165) is 56.7 Å². The topological polar surface area (TPSA) is 57.8 Å². The molecule has 6 heteroatoms. The maximum Gasteiger partial charge on any atom is 0.312 e. The molecule has 0 atom stereocenters. The van der Waals surface area contributed by atoms with Crippen LogP contribution in [0.3, 0.4) is 0 Å².